The van der Waals surface area contributed by atoms with Crippen LogP contribution in [-0.2, 0) is 7.05 Å². The minimum absolute atomic E-state index is 0.222. The standard InChI is InChI=1S/C22H29N5O3/c1-7-10-30-19-9-8-16(11-20(19)29-6)13(2)23-22(28)18-12-17(24-25-18)21-14(3)26-27(5)15(21)4/h8-9,11-13H,7,10H2,1-6H3,(H,23,28)(H,24,25). The van der Waals surface area contributed by atoms with E-state index in [1.54, 1.807) is 13.2 Å². The van der Waals surface area contributed by atoms with E-state index in [0.29, 0.717) is 29.5 Å². The molecule has 0 fully saturated rings. The first-order valence-corrected chi connectivity index (χ1v) is 10.0. The van der Waals surface area contributed by atoms with E-state index in [2.05, 4.69) is 27.5 Å². The summed E-state index contributed by atoms with van der Waals surface area (Å²) >= 11 is 0. The highest BCUT2D eigenvalue weighted by Crippen LogP contribution is 2.31. The van der Waals surface area contributed by atoms with Gasteiger partial charge in [0.2, 0.25) is 0 Å². The van der Waals surface area contributed by atoms with Gasteiger partial charge < -0.3 is 14.8 Å². The van der Waals surface area contributed by atoms with Crippen molar-refractivity contribution in [2.45, 2.75) is 40.2 Å². The van der Waals surface area contributed by atoms with Crippen molar-refractivity contribution in [3.05, 3.63) is 46.9 Å². The number of H-pyrrole nitrogens is 1. The van der Waals surface area contributed by atoms with Crippen LogP contribution in [0.5, 0.6) is 11.5 Å². The lowest BCUT2D eigenvalue weighted by Gasteiger charge is -2.16. The van der Waals surface area contributed by atoms with Gasteiger partial charge >= 0.3 is 0 Å². The van der Waals surface area contributed by atoms with Crippen LogP contribution in [0.1, 0.15) is 53.7 Å². The number of hydrogen-bond donors (Lipinski definition) is 2. The topological polar surface area (TPSA) is 94.1 Å². The highest BCUT2D eigenvalue weighted by Gasteiger charge is 2.19. The van der Waals surface area contributed by atoms with Crippen molar-refractivity contribution in [1.29, 1.82) is 0 Å². The summed E-state index contributed by atoms with van der Waals surface area (Å²) in [5.41, 5.74) is 4.83. The number of carbonyl (C=O) groups excluding carboxylic acids is 1. The van der Waals surface area contributed by atoms with Gasteiger partial charge in [0.05, 0.1) is 31.1 Å². The third-order valence-electron chi connectivity index (χ3n) is 5.08. The van der Waals surface area contributed by atoms with Gasteiger partial charge in [-0.2, -0.15) is 10.2 Å². The average molecular weight is 412 g/mol. The van der Waals surface area contributed by atoms with E-state index in [9.17, 15) is 4.79 Å². The summed E-state index contributed by atoms with van der Waals surface area (Å²) in [7, 11) is 3.50. The molecule has 8 heteroatoms. The molecular formula is C22H29N5O3. The molecule has 1 unspecified atom stereocenters. The molecule has 0 aliphatic carbocycles. The van der Waals surface area contributed by atoms with Crippen LogP contribution in [-0.4, -0.2) is 39.6 Å². The zero-order chi connectivity index (χ0) is 21.8. The third kappa shape index (κ3) is 4.32. The molecule has 0 saturated heterocycles. The maximum Gasteiger partial charge on any atom is 0.269 e. The second-order valence-corrected chi connectivity index (χ2v) is 7.29. The van der Waals surface area contributed by atoms with Crippen molar-refractivity contribution in [3.63, 3.8) is 0 Å². The number of benzene rings is 1. The molecule has 0 aliphatic rings. The predicted octanol–water partition coefficient (Wildman–Crippen LogP) is 3.72. The number of aromatic nitrogens is 4. The molecule has 160 valence electrons. The van der Waals surface area contributed by atoms with E-state index in [-0.39, 0.29) is 11.9 Å². The maximum absolute atomic E-state index is 12.8. The van der Waals surface area contributed by atoms with E-state index in [0.717, 1.165) is 28.9 Å². The van der Waals surface area contributed by atoms with E-state index in [1.165, 1.54) is 0 Å². The van der Waals surface area contributed by atoms with Crippen LogP contribution in [0, 0.1) is 13.8 Å². The summed E-state index contributed by atoms with van der Waals surface area (Å²) in [4.78, 5) is 12.8. The second kappa shape index (κ2) is 9.02. The molecule has 0 saturated carbocycles. The first-order valence-electron chi connectivity index (χ1n) is 10.0. The van der Waals surface area contributed by atoms with E-state index in [1.807, 2.05) is 50.7 Å². The number of hydrogen-bond acceptors (Lipinski definition) is 5. The molecule has 0 aliphatic heterocycles. The molecule has 0 spiro atoms. The van der Waals surface area contributed by atoms with Gasteiger partial charge in [0.15, 0.2) is 11.5 Å². The number of aromatic amines is 1. The number of rotatable bonds is 8. The smallest absolute Gasteiger partial charge is 0.269 e. The van der Waals surface area contributed by atoms with Crippen LogP contribution < -0.4 is 14.8 Å². The maximum atomic E-state index is 12.8. The highest BCUT2D eigenvalue weighted by molar-refractivity contribution is 5.93. The molecule has 2 heterocycles. The SMILES string of the molecule is CCCOc1ccc(C(C)NC(=O)c2cc(-c3c(C)nn(C)c3C)n[nH]2)cc1OC. The Morgan fingerprint density at radius 1 is 1.27 bits per heavy atom. The summed E-state index contributed by atoms with van der Waals surface area (Å²) in [6, 6.07) is 7.21. The Morgan fingerprint density at radius 3 is 2.67 bits per heavy atom. The Balaban J connectivity index is 1.74. The summed E-state index contributed by atoms with van der Waals surface area (Å²) < 4.78 is 12.9. The Kier molecular flexibility index (Phi) is 6.44. The molecule has 8 nitrogen and oxygen atoms in total. The largest absolute Gasteiger partial charge is 0.493 e. The van der Waals surface area contributed by atoms with Gasteiger partial charge in [0, 0.05) is 18.3 Å². The van der Waals surface area contributed by atoms with E-state index >= 15 is 0 Å². The minimum atomic E-state index is -0.231. The highest BCUT2D eigenvalue weighted by atomic mass is 16.5. The van der Waals surface area contributed by atoms with Gasteiger partial charge in [-0.1, -0.05) is 13.0 Å². The van der Waals surface area contributed by atoms with Crippen LogP contribution >= 0.6 is 0 Å². The first kappa shape index (κ1) is 21.4. The molecular weight excluding hydrogens is 382 g/mol. The zero-order valence-electron chi connectivity index (χ0n) is 18.4. The summed E-state index contributed by atoms with van der Waals surface area (Å²) in [6.45, 7) is 8.51. The van der Waals surface area contributed by atoms with Crippen LogP contribution in [0.4, 0.5) is 0 Å². The number of carbonyl (C=O) groups is 1. The van der Waals surface area contributed by atoms with Crippen LogP contribution in [0.3, 0.4) is 0 Å². The molecule has 1 amide bonds. The number of nitrogens with one attached hydrogen (secondary N) is 2. The fourth-order valence-corrected chi connectivity index (χ4v) is 3.35. The number of ether oxygens (including phenoxy) is 2. The van der Waals surface area contributed by atoms with Gasteiger partial charge in [-0.05, 0) is 51.0 Å². The van der Waals surface area contributed by atoms with E-state index in [4.69, 9.17) is 9.47 Å². The van der Waals surface area contributed by atoms with Crippen molar-refractivity contribution in [2.24, 2.45) is 7.05 Å². The van der Waals surface area contributed by atoms with Crippen molar-refractivity contribution in [1.82, 2.24) is 25.3 Å². The fourth-order valence-electron chi connectivity index (χ4n) is 3.35. The lowest BCUT2D eigenvalue weighted by Crippen LogP contribution is -2.27. The average Bonchev–Trinajstić information content (AvgIpc) is 3.30. The molecule has 3 aromatic rings. The van der Waals surface area contributed by atoms with Crippen LogP contribution in [0.15, 0.2) is 24.3 Å². The van der Waals surface area contributed by atoms with Crippen molar-refractivity contribution >= 4 is 5.91 Å². The van der Waals surface area contributed by atoms with Gasteiger partial charge in [-0.25, -0.2) is 0 Å². The molecule has 30 heavy (non-hydrogen) atoms. The summed E-state index contributed by atoms with van der Waals surface area (Å²) in [5, 5.41) is 14.6. The van der Waals surface area contributed by atoms with Gasteiger partial charge in [0.1, 0.15) is 5.69 Å². The zero-order valence-corrected chi connectivity index (χ0v) is 18.4. The minimum Gasteiger partial charge on any atom is -0.493 e. The first-order chi connectivity index (χ1) is 14.3. The lowest BCUT2D eigenvalue weighted by molar-refractivity contribution is 0.0934. The summed E-state index contributed by atoms with van der Waals surface area (Å²) in [6.07, 6.45) is 0.918. The van der Waals surface area contributed by atoms with Crippen LogP contribution in [0.25, 0.3) is 11.3 Å². The summed E-state index contributed by atoms with van der Waals surface area (Å²) in [5.74, 6) is 1.11. The van der Waals surface area contributed by atoms with E-state index < -0.39 is 0 Å². The van der Waals surface area contributed by atoms with Gasteiger partial charge in [0.25, 0.3) is 5.91 Å². The normalized spacial score (nSPS) is 11.9. The third-order valence-corrected chi connectivity index (χ3v) is 5.08. The van der Waals surface area contributed by atoms with Crippen molar-refractivity contribution < 1.29 is 14.3 Å². The molecule has 0 bridgehead atoms. The van der Waals surface area contributed by atoms with Gasteiger partial charge in [-0.3, -0.25) is 14.6 Å². The Hall–Kier alpha value is -3.29. The molecule has 1 aromatic carbocycles. The molecule has 0 radical (unpaired) electrons. The number of amides is 1. The van der Waals surface area contributed by atoms with Crippen molar-refractivity contribution in [3.8, 4) is 22.8 Å². The number of methoxy groups -OCH3 is 1. The number of aryl methyl sites for hydroxylation is 2. The lowest BCUT2D eigenvalue weighted by atomic mass is 10.1. The Labute approximate surface area is 176 Å². The quantitative estimate of drug-likeness (QED) is 0.589. The molecule has 1 atom stereocenters. The molecule has 2 N–H and O–H groups in total. The Morgan fingerprint density at radius 2 is 2.03 bits per heavy atom. The predicted molar refractivity (Wildman–Crippen MR) is 115 cm³/mol. The second-order valence-electron chi connectivity index (χ2n) is 7.29. The Bertz CT molecular complexity index is 1040. The van der Waals surface area contributed by atoms with Gasteiger partial charge in [-0.15, -0.1) is 0 Å². The van der Waals surface area contributed by atoms with Crippen molar-refractivity contribution in [2.75, 3.05) is 13.7 Å². The fraction of sp³-hybridized carbons (Fsp3) is 0.409. The van der Waals surface area contributed by atoms with Crippen LogP contribution in [0.2, 0.25) is 0 Å². The monoisotopic (exact) mass is 411 g/mol. The molecule has 2 aromatic heterocycles. The molecule has 3 rings (SSSR count). The number of nitrogens with zero attached hydrogens (tertiary/aromatic N) is 3.